The summed E-state index contributed by atoms with van der Waals surface area (Å²) in [6, 6.07) is 3.56. The maximum atomic E-state index is 13.0. The molecule has 0 radical (unpaired) electrons. The lowest BCUT2D eigenvalue weighted by Crippen LogP contribution is -2.56. The summed E-state index contributed by atoms with van der Waals surface area (Å²) >= 11 is 0. The molecule has 0 aromatic heterocycles. The average Bonchev–Trinajstić information content (AvgIpc) is 3.37. The van der Waals surface area contributed by atoms with Crippen LogP contribution < -0.4 is 16.0 Å². The van der Waals surface area contributed by atoms with Crippen molar-refractivity contribution in [2.24, 2.45) is 5.41 Å². The van der Waals surface area contributed by atoms with E-state index in [1.807, 2.05) is 39.0 Å². The largest absolute Gasteiger partial charge is 0.480 e. The molecular formula is C27H37F2N5O6. The molecule has 3 rings (SSSR count). The molecule has 0 aliphatic carbocycles. The molecular weight excluding hydrogens is 528 g/mol. The van der Waals surface area contributed by atoms with Gasteiger partial charge in [0.1, 0.15) is 12.1 Å². The Balaban J connectivity index is 1.56. The van der Waals surface area contributed by atoms with Gasteiger partial charge in [0.25, 0.3) is 5.91 Å². The number of aliphatic carboxylic acids is 1. The van der Waals surface area contributed by atoms with E-state index >= 15 is 0 Å². The van der Waals surface area contributed by atoms with Crippen LogP contribution in [0, 0.1) is 5.41 Å². The zero-order chi connectivity index (χ0) is 29.6. The summed E-state index contributed by atoms with van der Waals surface area (Å²) in [5.74, 6) is -3.09. The van der Waals surface area contributed by atoms with Gasteiger partial charge in [-0.15, -0.1) is 0 Å². The number of fused-ring (bicyclic) bond motifs is 1. The van der Waals surface area contributed by atoms with E-state index < -0.39 is 66.7 Å². The molecule has 2 aliphatic rings. The Labute approximate surface area is 231 Å². The van der Waals surface area contributed by atoms with Crippen molar-refractivity contribution in [2.75, 3.05) is 26.2 Å². The van der Waals surface area contributed by atoms with Crippen molar-refractivity contribution in [1.29, 1.82) is 0 Å². The Kier molecular flexibility index (Phi) is 10.0. The third-order valence-corrected chi connectivity index (χ3v) is 7.24. The number of urea groups is 1. The van der Waals surface area contributed by atoms with Gasteiger partial charge in [0.2, 0.25) is 18.2 Å². The number of amides is 5. The molecule has 0 saturated carbocycles. The van der Waals surface area contributed by atoms with E-state index in [9.17, 15) is 32.8 Å². The summed E-state index contributed by atoms with van der Waals surface area (Å²) in [4.78, 5) is 65.4. The second-order valence-corrected chi connectivity index (χ2v) is 11.2. The van der Waals surface area contributed by atoms with Crippen molar-refractivity contribution >= 4 is 29.7 Å². The molecule has 2 aliphatic heterocycles. The summed E-state index contributed by atoms with van der Waals surface area (Å²) in [7, 11) is 0. The van der Waals surface area contributed by atoms with Crippen LogP contribution in [0.5, 0.6) is 0 Å². The molecule has 1 aromatic carbocycles. The molecule has 13 heteroatoms. The van der Waals surface area contributed by atoms with Gasteiger partial charge in [-0.2, -0.15) is 0 Å². The average molecular weight is 566 g/mol. The number of nitrogens with zero attached hydrogens (tertiary/aromatic N) is 2. The van der Waals surface area contributed by atoms with Crippen molar-refractivity contribution in [1.82, 2.24) is 25.8 Å². The number of halogens is 2. The van der Waals surface area contributed by atoms with Gasteiger partial charge in [0.15, 0.2) is 0 Å². The molecule has 1 aromatic rings. The quantitative estimate of drug-likeness (QED) is 0.339. The first kappa shape index (κ1) is 30.8. The molecule has 3 atom stereocenters. The number of carbonyl (C=O) groups excluding carboxylic acids is 4. The molecule has 0 spiro atoms. The number of hydrogen-bond donors (Lipinski definition) is 4. The van der Waals surface area contributed by atoms with Crippen LogP contribution in [0.25, 0.3) is 0 Å². The first-order chi connectivity index (χ1) is 18.8. The molecule has 1 unspecified atom stereocenters. The lowest BCUT2D eigenvalue weighted by atomic mass is 9.85. The van der Waals surface area contributed by atoms with Gasteiger partial charge in [-0.3, -0.25) is 14.4 Å². The van der Waals surface area contributed by atoms with Gasteiger partial charge < -0.3 is 30.9 Å². The Morgan fingerprint density at radius 2 is 1.80 bits per heavy atom. The number of rotatable bonds is 10. The fourth-order valence-electron chi connectivity index (χ4n) is 4.88. The molecule has 220 valence electrons. The minimum absolute atomic E-state index is 0.106. The fourth-order valence-corrected chi connectivity index (χ4v) is 4.88. The zero-order valence-corrected chi connectivity index (χ0v) is 22.9. The third kappa shape index (κ3) is 7.89. The van der Waals surface area contributed by atoms with Crippen molar-refractivity contribution in [2.45, 2.75) is 71.0 Å². The van der Waals surface area contributed by atoms with Crippen LogP contribution in [0.1, 0.15) is 56.0 Å². The lowest BCUT2D eigenvalue weighted by Gasteiger charge is -2.37. The van der Waals surface area contributed by atoms with E-state index in [0.29, 0.717) is 24.9 Å². The number of likely N-dealkylation sites (tertiary alicyclic amines) is 1. The molecule has 1 saturated heterocycles. The van der Waals surface area contributed by atoms with Crippen LogP contribution in [0.15, 0.2) is 24.3 Å². The van der Waals surface area contributed by atoms with Gasteiger partial charge in [0, 0.05) is 31.6 Å². The van der Waals surface area contributed by atoms with Crippen LogP contribution in [0.2, 0.25) is 0 Å². The SMILES string of the molecule is CC(C)(C)[C@@H](CN1CCc2ccccc2C1=O)NC(=O)NCC(=O)N1CCCC1C(=O)N[C@@H](CC(F)F)C(=O)O. The van der Waals surface area contributed by atoms with E-state index in [1.165, 1.54) is 4.90 Å². The molecule has 2 heterocycles. The van der Waals surface area contributed by atoms with Crippen LogP contribution in [-0.2, 0) is 20.8 Å². The highest BCUT2D eigenvalue weighted by Gasteiger charge is 2.37. The van der Waals surface area contributed by atoms with Gasteiger partial charge in [-0.1, -0.05) is 39.0 Å². The van der Waals surface area contributed by atoms with Crippen molar-refractivity contribution < 1.29 is 37.9 Å². The molecule has 11 nitrogen and oxygen atoms in total. The summed E-state index contributed by atoms with van der Waals surface area (Å²) in [6.45, 7) is 6.35. The zero-order valence-electron chi connectivity index (χ0n) is 22.9. The number of benzene rings is 1. The smallest absolute Gasteiger partial charge is 0.326 e. The van der Waals surface area contributed by atoms with Crippen LogP contribution in [-0.4, -0.2) is 95.4 Å². The fraction of sp³-hybridized carbons (Fsp3) is 0.593. The summed E-state index contributed by atoms with van der Waals surface area (Å²) in [6.07, 6.45) is -2.56. The highest BCUT2D eigenvalue weighted by Crippen LogP contribution is 2.24. The van der Waals surface area contributed by atoms with E-state index in [1.54, 1.807) is 11.0 Å². The Morgan fingerprint density at radius 1 is 1.10 bits per heavy atom. The number of carboxylic acids is 1. The number of hydrogen-bond acceptors (Lipinski definition) is 5. The summed E-state index contributed by atoms with van der Waals surface area (Å²) in [5, 5.41) is 16.6. The van der Waals surface area contributed by atoms with Crippen molar-refractivity contribution in [3.63, 3.8) is 0 Å². The maximum Gasteiger partial charge on any atom is 0.326 e. The first-order valence-corrected chi connectivity index (χ1v) is 13.3. The normalized spacial score (nSPS) is 18.6. The maximum absolute atomic E-state index is 13.0. The molecule has 40 heavy (non-hydrogen) atoms. The van der Waals surface area contributed by atoms with Crippen LogP contribution in [0.3, 0.4) is 0 Å². The second-order valence-electron chi connectivity index (χ2n) is 11.2. The predicted molar refractivity (Wildman–Crippen MR) is 141 cm³/mol. The predicted octanol–water partition coefficient (Wildman–Crippen LogP) is 1.61. The molecule has 5 amide bonds. The van der Waals surface area contributed by atoms with Gasteiger partial charge >= 0.3 is 12.0 Å². The van der Waals surface area contributed by atoms with E-state index in [4.69, 9.17) is 5.11 Å². The summed E-state index contributed by atoms with van der Waals surface area (Å²) in [5.41, 5.74) is 1.21. The minimum Gasteiger partial charge on any atom is -0.480 e. The molecule has 4 N–H and O–H groups in total. The Morgan fingerprint density at radius 3 is 2.45 bits per heavy atom. The molecule has 1 fully saturated rings. The monoisotopic (exact) mass is 565 g/mol. The van der Waals surface area contributed by atoms with Crippen molar-refractivity contribution in [3.8, 4) is 0 Å². The summed E-state index contributed by atoms with van der Waals surface area (Å²) < 4.78 is 25.4. The third-order valence-electron chi connectivity index (χ3n) is 7.24. The van der Waals surface area contributed by atoms with Gasteiger partial charge in [-0.05, 0) is 36.3 Å². The van der Waals surface area contributed by atoms with Crippen LogP contribution >= 0.6 is 0 Å². The first-order valence-electron chi connectivity index (χ1n) is 13.3. The highest BCUT2D eigenvalue weighted by atomic mass is 19.3. The van der Waals surface area contributed by atoms with Gasteiger partial charge in [0.05, 0.1) is 12.6 Å². The Bertz CT molecular complexity index is 1120. The number of carboxylic acid groups (broad SMARTS) is 1. The Hall–Kier alpha value is -3.77. The number of nitrogens with one attached hydrogen (secondary N) is 3. The van der Waals surface area contributed by atoms with E-state index in [2.05, 4.69) is 16.0 Å². The second kappa shape index (κ2) is 13.1. The van der Waals surface area contributed by atoms with E-state index in [-0.39, 0.29) is 25.4 Å². The minimum atomic E-state index is -2.92. The van der Waals surface area contributed by atoms with Crippen molar-refractivity contribution in [3.05, 3.63) is 35.4 Å². The molecule has 0 bridgehead atoms. The standard InChI is InChI=1S/C27H37F2N5O6/c1-27(2,3)20(15-33-12-10-16-7-4-5-8-17(16)24(33)37)32-26(40)30-14-22(35)34-11-6-9-19(34)23(36)31-18(25(38)39)13-21(28)29/h4-5,7-8,18-21H,6,9-15H2,1-3H3,(H,31,36)(H,38,39)(H2,30,32,40)/t18-,19?,20+/m0/s1. The number of alkyl halides is 2. The lowest BCUT2D eigenvalue weighted by molar-refractivity contribution is -0.144. The highest BCUT2D eigenvalue weighted by molar-refractivity contribution is 5.97. The number of carbonyl (C=O) groups is 5. The topological polar surface area (TPSA) is 148 Å². The van der Waals surface area contributed by atoms with E-state index in [0.717, 1.165) is 5.56 Å². The van der Waals surface area contributed by atoms with Crippen LogP contribution in [0.4, 0.5) is 13.6 Å². The van der Waals surface area contributed by atoms with Gasteiger partial charge in [-0.25, -0.2) is 18.4 Å².